The smallest absolute Gasteiger partial charge is 0.362 e. The highest BCUT2D eigenvalue weighted by molar-refractivity contribution is 6.30. The largest absolute Gasteiger partial charge is 0.461 e. The fourth-order valence-corrected chi connectivity index (χ4v) is 1.95. The van der Waals surface area contributed by atoms with E-state index in [0.29, 0.717) is 10.6 Å². The molecule has 5 nitrogen and oxygen atoms in total. The van der Waals surface area contributed by atoms with E-state index in [2.05, 4.69) is 4.98 Å². The van der Waals surface area contributed by atoms with Crippen LogP contribution in [0.3, 0.4) is 0 Å². The molecular weight excluding hydrogens is 268 g/mol. The zero-order chi connectivity index (χ0) is 14.0. The first-order valence-corrected chi connectivity index (χ1v) is 6.10. The first kappa shape index (κ1) is 13.4. The van der Waals surface area contributed by atoms with E-state index < -0.39 is 5.97 Å². The summed E-state index contributed by atoms with van der Waals surface area (Å²) in [5.74, 6) is -0.425. The van der Waals surface area contributed by atoms with E-state index >= 15 is 0 Å². The van der Waals surface area contributed by atoms with E-state index in [4.69, 9.17) is 26.5 Å². The van der Waals surface area contributed by atoms with Crippen LogP contribution in [0, 0.1) is 6.92 Å². The number of rotatable bonds is 3. The van der Waals surface area contributed by atoms with Gasteiger partial charge in [-0.3, -0.25) is 0 Å². The number of aryl methyl sites for hydroxylation is 1. The molecule has 0 saturated heterocycles. The van der Waals surface area contributed by atoms with Crippen molar-refractivity contribution < 1.29 is 13.9 Å². The fourth-order valence-electron chi connectivity index (χ4n) is 1.66. The van der Waals surface area contributed by atoms with Gasteiger partial charge >= 0.3 is 5.97 Å². The SMILES string of the molecule is CCOC(=O)c1nc(-c2cc(C)cc(Cl)c2)oc1N. The summed E-state index contributed by atoms with van der Waals surface area (Å²) in [5.41, 5.74) is 7.22. The number of carbonyl (C=O) groups is 1. The van der Waals surface area contributed by atoms with Crippen molar-refractivity contribution in [3.05, 3.63) is 34.5 Å². The Morgan fingerprint density at radius 3 is 2.84 bits per heavy atom. The maximum atomic E-state index is 11.6. The van der Waals surface area contributed by atoms with Gasteiger partial charge in [0, 0.05) is 10.6 Å². The van der Waals surface area contributed by atoms with Gasteiger partial charge < -0.3 is 14.9 Å². The summed E-state index contributed by atoms with van der Waals surface area (Å²) in [6, 6.07) is 5.34. The van der Waals surface area contributed by atoms with Crippen molar-refractivity contribution in [2.45, 2.75) is 13.8 Å². The fraction of sp³-hybridized carbons (Fsp3) is 0.231. The standard InChI is InChI=1S/C13H13ClN2O3/c1-3-18-13(17)10-11(15)19-12(16-10)8-4-7(2)5-9(14)6-8/h4-6H,3,15H2,1-2H3. The third kappa shape index (κ3) is 2.88. The number of aromatic nitrogens is 1. The first-order chi connectivity index (χ1) is 9.01. The average molecular weight is 281 g/mol. The Hall–Kier alpha value is -2.01. The average Bonchev–Trinajstić information content (AvgIpc) is 2.70. The minimum atomic E-state index is -0.603. The van der Waals surface area contributed by atoms with E-state index in [9.17, 15) is 4.79 Å². The Kier molecular flexibility index (Phi) is 3.76. The number of nitrogen functional groups attached to an aromatic ring is 1. The molecule has 0 amide bonds. The lowest BCUT2D eigenvalue weighted by Crippen LogP contribution is -2.07. The van der Waals surface area contributed by atoms with Crippen molar-refractivity contribution >= 4 is 23.5 Å². The predicted octanol–water partition coefficient (Wildman–Crippen LogP) is 3.06. The third-order valence-corrected chi connectivity index (χ3v) is 2.63. The quantitative estimate of drug-likeness (QED) is 0.874. The second-order valence-electron chi connectivity index (χ2n) is 3.97. The molecule has 100 valence electrons. The van der Waals surface area contributed by atoms with Crippen LogP contribution in [0.1, 0.15) is 23.0 Å². The van der Waals surface area contributed by atoms with Gasteiger partial charge in [-0.2, -0.15) is 4.98 Å². The summed E-state index contributed by atoms with van der Waals surface area (Å²) in [6.07, 6.45) is 0. The number of anilines is 1. The van der Waals surface area contributed by atoms with E-state index in [1.165, 1.54) is 0 Å². The lowest BCUT2D eigenvalue weighted by atomic mass is 10.1. The van der Waals surface area contributed by atoms with E-state index in [1.807, 2.05) is 19.1 Å². The van der Waals surface area contributed by atoms with Crippen LogP contribution in [0.25, 0.3) is 11.5 Å². The molecule has 2 N–H and O–H groups in total. The summed E-state index contributed by atoms with van der Waals surface area (Å²) in [6.45, 7) is 3.85. The predicted molar refractivity (Wildman–Crippen MR) is 72.1 cm³/mol. The second-order valence-corrected chi connectivity index (χ2v) is 4.41. The molecule has 0 aliphatic heterocycles. The monoisotopic (exact) mass is 280 g/mol. The molecular formula is C13H13ClN2O3. The molecule has 6 heteroatoms. The maximum absolute atomic E-state index is 11.6. The molecule has 1 heterocycles. The highest BCUT2D eigenvalue weighted by atomic mass is 35.5. The number of oxazole rings is 1. The molecule has 0 saturated carbocycles. The van der Waals surface area contributed by atoms with Gasteiger partial charge in [0.05, 0.1) is 6.61 Å². The Morgan fingerprint density at radius 2 is 2.21 bits per heavy atom. The van der Waals surface area contributed by atoms with Crippen LogP contribution in [0.5, 0.6) is 0 Å². The van der Waals surface area contributed by atoms with Crippen LogP contribution in [0.4, 0.5) is 5.88 Å². The minimum Gasteiger partial charge on any atom is -0.461 e. The number of hydrogen-bond donors (Lipinski definition) is 1. The molecule has 0 aliphatic carbocycles. The molecule has 0 atom stereocenters. The Labute approximate surface area is 115 Å². The summed E-state index contributed by atoms with van der Waals surface area (Å²) in [7, 11) is 0. The Morgan fingerprint density at radius 1 is 1.47 bits per heavy atom. The van der Waals surface area contributed by atoms with Gasteiger partial charge in [-0.05, 0) is 37.6 Å². The summed E-state index contributed by atoms with van der Waals surface area (Å²) < 4.78 is 10.1. The number of nitrogens with zero attached hydrogens (tertiary/aromatic N) is 1. The summed E-state index contributed by atoms with van der Waals surface area (Å²) in [4.78, 5) is 15.6. The van der Waals surface area contributed by atoms with E-state index in [0.717, 1.165) is 5.56 Å². The molecule has 0 fully saturated rings. The molecule has 1 aromatic heterocycles. The topological polar surface area (TPSA) is 78.3 Å². The van der Waals surface area contributed by atoms with Crippen molar-refractivity contribution in [1.82, 2.24) is 4.98 Å². The van der Waals surface area contributed by atoms with Crippen molar-refractivity contribution in [3.63, 3.8) is 0 Å². The van der Waals surface area contributed by atoms with Crippen molar-refractivity contribution in [1.29, 1.82) is 0 Å². The van der Waals surface area contributed by atoms with Crippen LogP contribution >= 0.6 is 11.6 Å². The van der Waals surface area contributed by atoms with Gasteiger partial charge in [-0.1, -0.05) is 11.6 Å². The van der Waals surface area contributed by atoms with Crippen LogP contribution in [-0.2, 0) is 4.74 Å². The number of hydrogen-bond acceptors (Lipinski definition) is 5. The molecule has 2 rings (SSSR count). The molecule has 0 radical (unpaired) electrons. The molecule has 0 aliphatic rings. The molecule has 19 heavy (non-hydrogen) atoms. The van der Waals surface area contributed by atoms with Crippen LogP contribution < -0.4 is 5.73 Å². The zero-order valence-corrected chi connectivity index (χ0v) is 11.3. The molecule has 0 unspecified atom stereocenters. The van der Waals surface area contributed by atoms with Gasteiger partial charge in [0.1, 0.15) is 0 Å². The zero-order valence-electron chi connectivity index (χ0n) is 10.6. The van der Waals surface area contributed by atoms with Gasteiger partial charge in [-0.15, -0.1) is 0 Å². The van der Waals surface area contributed by atoms with Crippen LogP contribution in [0.2, 0.25) is 5.02 Å². The second kappa shape index (κ2) is 5.32. The highest BCUT2D eigenvalue weighted by Crippen LogP contribution is 2.27. The van der Waals surface area contributed by atoms with Crippen molar-refractivity contribution in [2.75, 3.05) is 12.3 Å². The van der Waals surface area contributed by atoms with Crippen LogP contribution in [0.15, 0.2) is 22.6 Å². The third-order valence-electron chi connectivity index (χ3n) is 2.41. The molecule has 0 bridgehead atoms. The number of benzene rings is 1. The summed E-state index contributed by atoms with van der Waals surface area (Å²) >= 11 is 5.97. The van der Waals surface area contributed by atoms with Gasteiger partial charge in [0.25, 0.3) is 0 Å². The van der Waals surface area contributed by atoms with Crippen LogP contribution in [-0.4, -0.2) is 17.6 Å². The lowest BCUT2D eigenvalue weighted by Gasteiger charge is -1.99. The number of ether oxygens (including phenoxy) is 1. The van der Waals surface area contributed by atoms with Gasteiger partial charge in [0.15, 0.2) is 0 Å². The molecule has 2 aromatic rings. The van der Waals surface area contributed by atoms with Gasteiger partial charge in [0.2, 0.25) is 17.5 Å². The lowest BCUT2D eigenvalue weighted by molar-refractivity contribution is 0.0521. The molecule has 0 spiro atoms. The summed E-state index contributed by atoms with van der Waals surface area (Å²) in [5, 5.41) is 0.560. The molecule has 1 aromatic carbocycles. The number of carbonyl (C=O) groups excluding carboxylic acids is 1. The highest BCUT2D eigenvalue weighted by Gasteiger charge is 2.20. The van der Waals surface area contributed by atoms with Crippen molar-refractivity contribution in [3.8, 4) is 11.5 Å². The first-order valence-electron chi connectivity index (χ1n) is 5.72. The number of nitrogens with two attached hydrogens (primary N) is 1. The normalized spacial score (nSPS) is 10.5. The number of esters is 1. The van der Waals surface area contributed by atoms with E-state index in [1.54, 1.807) is 13.0 Å². The number of halogens is 1. The van der Waals surface area contributed by atoms with Gasteiger partial charge in [-0.25, -0.2) is 4.79 Å². The van der Waals surface area contributed by atoms with Crippen molar-refractivity contribution in [2.24, 2.45) is 0 Å². The Bertz CT molecular complexity index is 602. The Balaban J connectivity index is 2.41. The van der Waals surface area contributed by atoms with E-state index in [-0.39, 0.29) is 24.1 Å². The maximum Gasteiger partial charge on any atom is 0.362 e. The minimum absolute atomic E-state index is 0.0190.